The molecule has 8 heteroatoms. The summed E-state index contributed by atoms with van der Waals surface area (Å²) in [5, 5.41) is 0.450. The summed E-state index contributed by atoms with van der Waals surface area (Å²) in [6, 6.07) is 28.7. The molecular formula is C30H20ClFN2O3S. The van der Waals surface area contributed by atoms with Crippen LogP contribution in [-0.4, -0.2) is 16.9 Å². The maximum Gasteiger partial charge on any atom is 0.270 e. The molecule has 38 heavy (non-hydrogen) atoms. The molecular weight excluding hydrogens is 523 g/mol. The minimum absolute atomic E-state index is 0.0495. The fourth-order valence-electron chi connectivity index (χ4n) is 4.00. The highest BCUT2D eigenvalue weighted by atomic mass is 35.5. The van der Waals surface area contributed by atoms with Gasteiger partial charge in [0.1, 0.15) is 23.7 Å². The van der Waals surface area contributed by atoms with Gasteiger partial charge in [0, 0.05) is 10.6 Å². The fourth-order valence-corrected chi connectivity index (χ4v) is 4.56. The number of hydrogen-bond donors (Lipinski definition) is 0. The number of hydrogen-bond acceptors (Lipinski definition) is 4. The summed E-state index contributed by atoms with van der Waals surface area (Å²) >= 11 is 11.9. The number of amides is 2. The molecule has 0 atom stereocenters. The summed E-state index contributed by atoms with van der Waals surface area (Å²) < 4.78 is 19.3. The number of ether oxygens (including phenoxy) is 1. The maximum atomic E-state index is 13.7. The largest absolute Gasteiger partial charge is 0.488 e. The molecule has 0 bridgehead atoms. The zero-order valence-corrected chi connectivity index (χ0v) is 21.5. The molecule has 0 N–H and O–H groups in total. The summed E-state index contributed by atoms with van der Waals surface area (Å²) in [6.07, 6.45) is 1.46. The predicted octanol–water partition coefficient (Wildman–Crippen LogP) is 6.81. The monoisotopic (exact) mass is 542 g/mol. The van der Waals surface area contributed by atoms with E-state index in [0.717, 1.165) is 5.56 Å². The summed E-state index contributed by atoms with van der Waals surface area (Å²) in [4.78, 5) is 30.2. The highest BCUT2D eigenvalue weighted by molar-refractivity contribution is 7.81. The first-order chi connectivity index (χ1) is 18.4. The van der Waals surface area contributed by atoms with Gasteiger partial charge in [-0.2, -0.15) is 0 Å². The summed E-state index contributed by atoms with van der Waals surface area (Å²) in [7, 11) is 0. The Morgan fingerprint density at radius 2 is 1.34 bits per heavy atom. The van der Waals surface area contributed by atoms with Crippen molar-refractivity contribution in [2.75, 3.05) is 9.80 Å². The number of benzene rings is 4. The molecule has 0 saturated carbocycles. The third-order valence-electron chi connectivity index (χ3n) is 5.86. The van der Waals surface area contributed by atoms with Crippen molar-refractivity contribution in [2.24, 2.45) is 0 Å². The van der Waals surface area contributed by atoms with Gasteiger partial charge in [-0.15, -0.1) is 0 Å². The van der Waals surface area contributed by atoms with E-state index in [0.29, 0.717) is 27.7 Å². The van der Waals surface area contributed by atoms with Crippen molar-refractivity contribution < 1.29 is 18.7 Å². The number of rotatable bonds is 6. The Morgan fingerprint density at radius 3 is 1.89 bits per heavy atom. The van der Waals surface area contributed by atoms with E-state index in [9.17, 15) is 14.0 Å². The zero-order chi connectivity index (χ0) is 26.6. The van der Waals surface area contributed by atoms with Crippen LogP contribution in [0.25, 0.3) is 6.08 Å². The third kappa shape index (κ3) is 5.20. The molecule has 0 radical (unpaired) electrons. The van der Waals surface area contributed by atoms with Gasteiger partial charge < -0.3 is 4.74 Å². The lowest BCUT2D eigenvalue weighted by Gasteiger charge is -2.36. The molecule has 2 amide bonds. The molecule has 1 aliphatic heterocycles. The van der Waals surface area contributed by atoms with Crippen LogP contribution in [0.4, 0.5) is 15.8 Å². The number of para-hydroxylation sites is 2. The van der Waals surface area contributed by atoms with E-state index in [-0.39, 0.29) is 23.1 Å². The molecule has 1 saturated heterocycles. The van der Waals surface area contributed by atoms with Crippen LogP contribution in [0, 0.1) is 5.82 Å². The minimum atomic E-state index is -0.567. The van der Waals surface area contributed by atoms with Gasteiger partial charge in [-0.05, 0) is 78.5 Å². The molecule has 1 aliphatic rings. The normalized spacial score (nSPS) is 13.6. The van der Waals surface area contributed by atoms with Crippen LogP contribution in [0.3, 0.4) is 0 Å². The van der Waals surface area contributed by atoms with E-state index in [1.54, 1.807) is 78.9 Å². The number of carbonyl (C=O) groups is 2. The van der Waals surface area contributed by atoms with Gasteiger partial charge in [0.05, 0.1) is 11.4 Å². The molecule has 1 heterocycles. The second-order valence-corrected chi connectivity index (χ2v) is 9.19. The highest BCUT2D eigenvalue weighted by Gasteiger charge is 2.41. The van der Waals surface area contributed by atoms with Crippen LogP contribution in [0.2, 0.25) is 5.02 Å². The molecule has 1 fully saturated rings. The number of halogens is 2. The van der Waals surface area contributed by atoms with Gasteiger partial charge in [0.25, 0.3) is 11.8 Å². The van der Waals surface area contributed by atoms with Crippen LogP contribution in [0.1, 0.15) is 11.1 Å². The molecule has 0 unspecified atom stereocenters. The molecule has 4 aromatic rings. The van der Waals surface area contributed by atoms with E-state index in [2.05, 4.69) is 0 Å². The average molecular weight is 543 g/mol. The quantitative estimate of drug-likeness (QED) is 0.153. The highest BCUT2D eigenvalue weighted by Crippen LogP contribution is 2.32. The van der Waals surface area contributed by atoms with Crippen molar-refractivity contribution in [1.82, 2.24) is 0 Å². The molecule has 0 spiro atoms. The first-order valence-corrected chi connectivity index (χ1v) is 12.4. The smallest absolute Gasteiger partial charge is 0.270 e. The minimum Gasteiger partial charge on any atom is -0.488 e. The number of anilines is 2. The first-order valence-electron chi connectivity index (χ1n) is 11.6. The predicted molar refractivity (Wildman–Crippen MR) is 151 cm³/mol. The van der Waals surface area contributed by atoms with E-state index in [1.807, 2.05) is 12.1 Å². The van der Waals surface area contributed by atoms with E-state index in [1.165, 1.54) is 28.0 Å². The summed E-state index contributed by atoms with van der Waals surface area (Å²) in [5.74, 6) is -1.08. The Morgan fingerprint density at radius 1 is 0.789 bits per heavy atom. The van der Waals surface area contributed by atoms with Crippen LogP contribution in [0.15, 0.2) is 109 Å². The Bertz CT molecular complexity index is 1480. The van der Waals surface area contributed by atoms with Crippen molar-refractivity contribution in [1.29, 1.82) is 0 Å². The second kappa shape index (κ2) is 11.0. The number of thiocarbonyl (C=S) groups is 1. The third-order valence-corrected chi connectivity index (χ3v) is 6.46. The van der Waals surface area contributed by atoms with Crippen molar-refractivity contribution in [2.45, 2.75) is 6.61 Å². The Labute approximate surface area is 229 Å². The Balaban J connectivity index is 1.57. The lowest BCUT2D eigenvalue weighted by molar-refractivity contribution is -0.120. The topological polar surface area (TPSA) is 49.9 Å². The van der Waals surface area contributed by atoms with Crippen molar-refractivity contribution in [3.8, 4) is 5.75 Å². The SMILES string of the molecule is O=C1C(=Cc2cc(Cl)ccc2OCc2ccc(F)cc2)C(=O)N(c2ccccc2)C(=S)N1c1ccccc1. The van der Waals surface area contributed by atoms with E-state index < -0.39 is 11.8 Å². The van der Waals surface area contributed by atoms with Crippen LogP contribution in [0.5, 0.6) is 5.75 Å². The van der Waals surface area contributed by atoms with Gasteiger partial charge in [-0.1, -0.05) is 60.1 Å². The van der Waals surface area contributed by atoms with Crippen molar-refractivity contribution in [3.63, 3.8) is 0 Å². The molecule has 5 nitrogen and oxygen atoms in total. The fraction of sp³-hybridized carbons (Fsp3) is 0.0333. The first kappa shape index (κ1) is 25.3. The summed E-state index contributed by atoms with van der Waals surface area (Å²) in [5.41, 5.74) is 2.13. The molecule has 188 valence electrons. The summed E-state index contributed by atoms with van der Waals surface area (Å²) in [6.45, 7) is 0.149. The standard InChI is InChI=1S/C30H20ClFN2O3S/c31-22-13-16-27(37-19-20-11-14-23(32)15-12-20)21(17-22)18-26-28(35)33(24-7-3-1-4-8-24)30(38)34(29(26)36)25-9-5-2-6-10-25/h1-18H,19H2. The lowest BCUT2D eigenvalue weighted by Crippen LogP contribution is -2.56. The Hall–Kier alpha value is -4.33. The molecule has 0 aromatic heterocycles. The second-order valence-electron chi connectivity index (χ2n) is 8.39. The van der Waals surface area contributed by atoms with Gasteiger partial charge >= 0.3 is 0 Å². The lowest BCUT2D eigenvalue weighted by atomic mass is 10.0. The van der Waals surface area contributed by atoms with Crippen molar-refractivity contribution in [3.05, 3.63) is 131 Å². The Kier molecular flexibility index (Phi) is 7.31. The molecule has 4 aromatic carbocycles. The molecule has 0 aliphatic carbocycles. The van der Waals surface area contributed by atoms with Crippen LogP contribution in [-0.2, 0) is 16.2 Å². The van der Waals surface area contributed by atoms with E-state index in [4.69, 9.17) is 28.6 Å². The maximum absolute atomic E-state index is 13.7. The van der Waals surface area contributed by atoms with Gasteiger partial charge in [0.15, 0.2) is 5.11 Å². The van der Waals surface area contributed by atoms with Crippen LogP contribution < -0.4 is 14.5 Å². The molecule has 5 rings (SSSR count). The van der Waals surface area contributed by atoms with Gasteiger partial charge in [0.2, 0.25) is 0 Å². The zero-order valence-electron chi connectivity index (χ0n) is 19.9. The van der Waals surface area contributed by atoms with E-state index >= 15 is 0 Å². The van der Waals surface area contributed by atoms with Gasteiger partial charge in [-0.25, -0.2) is 4.39 Å². The van der Waals surface area contributed by atoms with Gasteiger partial charge in [-0.3, -0.25) is 19.4 Å². The van der Waals surface area contributed by atoms with Crippen LogP contribution >= 0.6 is 23.8 Å². The average Bonchev–Trinajstić information content (AvgIpc) is 2.93. The number of nitrogens with zero attached hydrogens (tertiary/aromatic N) is 2. The number of carbonyl (C=O) groups excluding carboxylic acids is 2. The van der Waals surface area contributed by atoms with Crippen molar-refractivity contribution >= 4 is 58.2 Å².